The minimum atomic E-state index is -0.0836. The Morgan fingerprint density at radius 2 is 1.79 bits per heavy atom. The van der Waals surface area contributed by atoms with E-state index < -0.39 is 0 Å². The number of aryl methyl sites for hydroxylation is 1. The molecule has 1 N–H and O–H groups in total. The number of H-pyrrole nitrogens is 1. The Morgan fingerprint density at radius 3 is 2.62 bits per heavy atom. The first-order valence-corrected chi connectivity index (χ1v) is 13.9. The van der Waals surface area contributed by atoms with Crippen LogP contribution < -0.4 is 9.47 Å². The molecule has 3 heterocycles. The first kappa shape index (κ1) is 25.3. The molecule has 4 aromatic rings. The lowest BCUT2D eigenvalue weighted by molar-refractivity contribution is -0.133. The van der Waals surface area contributed by atoms with E-state index in [1.807, 2.05) is 23.1 Å². The highest BCUT2D eigenvalue weighted by molar-refractivity contribution is 5.88. The molecule has 1 unspecified atom stereocenters. The summed E-state index contributed by atoms with van der Waals surface area (Å²) in [5.41, 5.74) is 5.87. The summed E-state index contributed by atoms with van der Waals surface area (Å²) in [5.74, 6) is 1.61. The summed E-state index contributed by atoms with van der Waals surface area (Å²) in [5, 5.41) is 1.18. The number of ether oxygens (including phenoxy) is 2. The number of carbonyl (C=O) groups excluding carboxylic acids is 1. The Bertz CT molecular complexity index is 1470. The van der Waals surface area contributed by atoms with Crippen LogP contribution in [0.25, 0.3) is 17.0 Å². The van der Waals surface area contributed by atoms with E-state index in [4.69, 9.17) is 9.47 Å². The second-order valence-electron chi connectivity index (χ2n) is 10.3. The van der Waals surface area contributed by atoms with Crippen molar-refractivity contribution in [3.8, 4) is 11.5 Å². The maximum Gasteiger partial charge on any atom is 0.231 e. The second-order valence-corrected chi connectivity index (χ2v) is 10.3. The van der Waals surface area contributed by atoms with Crippen LogP contribution >= 0.6 is 0 Å². The van der Waals surface area contributed by atoms with Gasteiger partial charge in [-0.2, -0.15) is 0 Å². The van der Waals surface area contributed by atoms with Gasteiger partial charge in [-0.05, 0) is 40.8 Å². The maximum atomic E-state index is 13.7. The summed E-state index contributed by atoms with van der Waals surface area (Å²) < 4.78 is 11.2. The number of hydrogen-bond donors (Lipinski definition) is 1. The van der Waals surface area contributed by atoms with Crippen molar-refractivity contribution in [2.75, 3.05) is 39.5 Å². The van der Waals surface area contributed by atoms with Gasteiger partial charge in [0.2, 0.25) is 12.7 Å². The van der Waals surface area contributed by atoms with Crippen molar-refractivity contribution in [1.29, 1.82) is 0 Å². The highest BCUT2D eigenvalue weighted by Gasteiger charge is 2.28. The zero-order chi connectivity index (χ0) is 26.6. The van der Waals surface area contributed by atoms with E-state index in [2.05, 4.69) is 83.7 Å². The van der Waals surface area contributed by atoms with Crippen molar-refractivity contribution in [1.82, 2.24) is 14.8 Å². The average Bonchev–Trinajstić information content (AvgIpc) is 3.63. The molecule has 0 bridgehead atoms. The third-order valence-corrected chi connectivity index (χ3v) is 7.97. The van der Waals surface area contributed by atoms with Crippen molar-refractivity contribution in [2.24, 2.45) is 0 Å². The fourth-order valence-electron chi connectivity index (χ4n) is 5.74. The molecule has 0 saturated carbocycles. The highest BCUT2D eigenvalue weighted by atomic mass is 16.7. The van der Waals surface area contributed by atoms with Crippen LogP contribution in [-0.4, -0.2) is 60.2 Å². The standard InChI is InChI=1S/C33H35N3O3/c1-2-25-11-6-12-27-29(22-34-33(25)27)28(26-13-14-30-31(20-26)39-23-38-30)21-32(37)36-18-16-35(17-19-36)15-7-10-24-8-4-3-5-9-24/h3-14,20,22,28,34H,2,15-19,21,23H2,1H3/b10-7+. The van der Waals surface area contributed by atoms with E-state index in [0.29, 0.717) is 6.42 Å². The number of rotatable bonds is 8. The lowest BCUT2D eigenvalue weighted by atomic mass is 9.87. The van der Waals surface area contributed by atoms with E-state index in [0.717, 1.165) is 67.3 Å². The summed E-state index contributed by atoms with van der Waals surface area (Å²) >= 11 is 0. The molecule has 39 heavy (non-hydrogen) atoms. The fourth-order valence-corrected chi connectivity index (χ4v) is 5.74. The van der Waals surface area contributed by atoms with Gasteiger partial charge in [0.25, 0.3) is 0 Å². The van der Waals surface area contributed by atoms with Crippen molar-refractivity contribution in [3.05, 3.63) is 101 Å². The van der Waals surface area contributed by atoms with Gasteiger partial charge in [-0.1, -0.05) is 73.7 Å². The molecule has 200 valence electrons. The van der Waals surface area contributed by atoms with Crippen LogP contribution in [0.4, 0.5) is 0 Å². The van der Waals surface area contributed by atoms with Gasteiger partial charge < -0.3 is 19.4 Å². The molecule has 6 nitrogen and oxygen atoms in total. The molecule has 0 spiro atoms. The van der Waals surface area contributed by atoms with Crippen LogP contribution in [0.3, 0.4) is 0 Å². The third kappa shape index (κ3) is 5.43. The first-order valence-electron chi connectivity index (χ1n) is 13.9. The minimum Gasteiger partial charge on any atom is -0.454 e. The summed E-state index contributed by atoms with van der Waals surface area (Å²) in [7, 11) is 0. The summed E-state index contributed by atoms with van der Waals surface area (Å²) in [4.78, 5) is 21.6. The zero-order valence-electron chi connectivity index (χ0n) is 22.4. The van der Waals surface area contributed by atoms with Gasteiger partial charge in [0.1, 0.15) is 0 Å². The fraction of sp³-hybridized carbons (Fsp3) is 0.303. The largest absolute Gasteiger partial charge is 0.454 e. The number of hydrogen-bond acceptors (Lipinski definition) is 4. The van der Waals surface area contributed by atoms with E-state index in [1.54, 1.807) is 0 Å². The quantitative estimate of drug-likeness (QED) is 0.317. The first-order chi connectivity index (χ1) is 19.2. The van der Waals surface area contributed by atoms with Crippen molar-refractivity contribution >= 4 is 22.9 Å². The van der Waals surface area contributed by atoms with Crippen LogP contribution in [0.2, 0.25) is 0 Å². The summed E-state index contributed by atoms with van der Waals surface area (Å²) in [6.45, 7) is 6.57. The Hall–Kier alpha value is -4.03. The van der Waals surface area contributed by atoms with Gasteiger partial charge in [0.05, 0.1) is 0 Å². The molecule has 1 fully saturated rings. The lowest BCUT2D eigenvalue weighted by Gasteiger charge is -2.35. The van der Waals surface area contributed by atoms with Gasteiger partial charge >= 0.3 is 0 Å². The molecular weight excluding hydrogens is 486 g/mol. The van der Waals surface area contributed by atoms with Gasteiger partial charge in [-0.15, -0.1) is 0 Å². The third-order valence-electron chi connectivity index (χ3n) is 7.97. The van der Waals surface area contributed by atoms with Gasteiger partial charge in [-0.3, -0.25) is 9.69 Å². The van der Waals surface area contributed by atoms with Crippen LogP contribution in [0.5, 0.6) is 11.5 Å². The molecule has 2 aliphatic heterocycles. The zero-order valence-corrected chi connectivity index (χ0v) is 22.4. The smallest absolute Gasteiger partial charge is 0.231 e. The van der Waals surface area contributed by atoms with E-state index in [1.165, 1.54) is 16.5 Å². The topological polar surface area (TPSA) is 57.8 Å². The Balaban J connectivity index is 1.18. The monoisotopic (exact) mass is 521 g/mol. The van der Waals surface area contributed by atoms with Crippen LogP contribution in [0.15, 0.2) is 79.0 Å². The minimum absolute atomic E-state index is 0.0836. The average molecular weight is 522 g/mol. The van der Waals surface area contributed by atoms with Crippen LogP contribution in [-0.2, 0) is 11.2 Å². The highest BCUT2D eigenvalue weighted by Crippen LogP contribution is 2.40. The van der Waals surface area contributed by atoms with Gasteiger partial charge in [-0.25, -0.2) is 0 Å². The molecule has 3 aromatic carbocycles. The molecule has 1 saturated heterocycles. The summed E-state index contributed by atoms with van der Waals surface area (Å²) in [6.07, 6.45) is 7.83. The van der Waals surface area contributed by atoms with Crippen molar-refractivity contribution in [2.45, 2.75) is 25.7 Å². The molecule has 6 heteroatoms. The van der Waals surface area contributed by atoms with E-state index in [9.17, 15) is 4.79 Å². The second kappa shape index (κ2) is 11.4. The molecule has 0 radical (unpaired) electrons. The number of aromatic amines is 1. The number of nitrogens with one attached hydrogen (secondary N) is 1. The molecular formula is C33H35N3O3. The Labute approximate surface area is 229 Å². The number of amides is 1. The number of para-hydroxylation sites is 1. The molecule has 2 aliphatic rings. The molecule has 1 aromatic heterocycles. The van der Waals surface area contributed by atoms with Crippen LogP contribution in [0, 0.1) is 0 Å². The predicted molar refractivity (Wildman–Crippen MR) is 155 cm³/mol. The van der Waals surface area contributed by atoms with E-state index in [-0.39, 0.29) is 18.6 Å². The Kier molecular flexibility index (Phi) is 7.37. The number of carbonyl (C=O) groups is 1. The normalized spacial score (nSPS) is 16.3. The van der Waals surface area contributed by atoms with Crippen molar-refractivity contribution in [3.63, 3.8) is 0 Å². The van der Waals surface area contributed by atoms with Gasteiger partial charge in [0.15, 0.2) is 11.5 Å². The maximum absolute atomic E-state index is 13.7. The molecule has 6 rings (SSSR count). The van der Waals surface area contributed by atoms with E-state index >= 15 is 0 Å². The molecule has 1 amide bonds. The predicted octanol–water partition coefficient (Wildman–Crippen LogP) is 5.84. The van der Waals surface area contributed by atoms with Crippen LogP contribution in [0.1, 0.15) is 41.5 Å². The number of piperazine rings is 1. The summed E-state index contributed by atoms with van der Waals surface area (Å²) in [6, 6.07) is 22.9. The van der Waals surface area contributed by atoms with Gasteiger partial charge in [0, 0.05) is 62.2 Å². The molecule has 0 aliphatic carbocycles. The number of benzene rings is 3. The van der Waals surface area contributed by atoms with Crippen molar-refractivity contribution < 1.29 is 14.3 Å². The number of nitrogens with zero attached hydrogens (tertiary/aromatic N) is 2. The molecule has 1 atom stereocenters. The lowest BCUT2D eigenvalue weighted by Crippen LogP contribution is -2.48. The number of aromatic nitrogens is 1. The number of fused-ring (bicyclic) bond motifs is 2. The SMILES string of the molecule is CCc1cccc2c(C(CC(=O)N3CCN(C/C=C/c4ccccc4)CC3)c3ccc4c(c3)OCO4)c[nH]c12. The Morgan fingerprint density at radius 1 is 0.974 bits per heavy atom.